The van der Waals surface area contributed by atoms with Crippen LogP contribution in [0.5, 0.6) is 0 Å². The molecule has 0 unspecified atom stereocenters. The topological polar surface area (TPSA) is 17.1 Å². The van der Waals surface area contributed by atoms with E-state index in [1.165, 1.54) is 12.1 Å². The Bertz CT molecular complexity index is 611. The number of halogens is 3. The monoisotopic (exact) mass is 384 g/mol. The first kappa shape index (κ1) is 14.4. The highest BCUT2D eigenvalue weighted by Gasteiger charge is 2.10. The third-order valence-corrected chi connectivity index (χ3v) is 4.29. The van der Waals surface area contributed by atoms with Gasteiger partial charge in [-0.2, -0.15) is 0 Å². The second-order valence-electron chi connectivity index (χ2n) is 4.22. The van der Waals surface area contributed by atoms with Gasteiger partial charge in [0.25, 0.3) is 0 Å². The molecule has 2 aromatic carbocycles. The summed E-state index contributed by atoms with van der Waals surface area (Å²) in [6.07, 6.45) is 0.560. The van der Waals surface area contributed by atoms with Gasteiger partial charge in [-0.05, 0) is 35.4 Å². The Morgan fingerprint density at radius 3 is 2.32 bits per heavy atom. The molecule has 0 spiro atoms. The largest absolute Gasteiger partial charge is 0.299 e. The van der Waals surface area contributed by atoms with Crippen LogP contribution in [0.1, 0.15) is 11.1 Å². The predicted molar refractivity (Wildman–Crippen MR) is 80.7 cm³/mol. The highest BCUT2D eigenvalue weighted by Crippen LogP contribution is 2.21. The molecule has 0 aliphatic carbocycles. The molecular weight excluding hydrogens is 375 g/mol. The van der Waals surface area contributed by atoms with Crippen LogP contribution in [-0.2, 0) is 17.6 Å². The Hall–Kier alpha value is -1.00. The molecule has 0 atom stereocenters. The van der Waals surface area contributed by atoms with E-state index in [1.807, 2.05) is 24.3 Å². The zero-order valence-corrected chi connectivity index (χ0v) is 13.2. The average Bonchev–Trinajstić information content (AvgIpc) is 2.37. The Morgan fingerprint density at radius 1 is 0.947 bits per heavy atom. The van der Waals surface area contributed by atoms with Gasteiger partial charge >= 0.3 is 0 Å². The molecule has 19 heavy (non-hydrogen) atoms. The number of carbonyl (C=O) groups is 1. The minimum atomic E-state index is -0.327. The van der Waals surface area contributed by atoms with E-state index < -0.39 is 0 Å². The Kier molecular flexibility index (Phi) is 4.88. The molecular formula is C15H11Br2FO. The van der Waals surface area contributed by atoms with E-state index in [0.29, 0.717) is 12.0 Å². The number of rotatable bonds is 4. The van der Waals surface area contributed by atoms with Crippen molar-refractivity contribution in [2.45, 2.75) is 12.8 Å². The van der Waals surface area contributed by atoms with Gasteiger partial charge in [0.05, 0.1) is 0 Å². The smallest absolute Gasteiger partial charge is 0.141 e. The highest BCUT2D eigenvalue weighted by atomic mass is 79.9. The molecule has 4 heteroatoms. The summed E-state index contributed by atoms with van der Waals surface area (Å²) in [5.41, 5.74) is 1.62. The highest BCUT2D eigenvalue weighted by molar-refractivity contribution is 9.10. The fourth-order valence-electron chi connectivity index (χ4n) is 1.81. The minimum Gasteiger partial charge on any atom is -0.299 e. The van der Waals surface area contributed by atoms with Crippen LogP contribution in [0, 0.1) is 5.82 Å². The summed E-state index contributed by atoms with van der Waals surface area (Å²) in [5, 5.41) is 0. The molecule has 0 N–H and O–H groups in total. The normalized spacial score (nSPS) is 10.5. The van der Waals surface area contributed by atoms with Crippen LogP contribution in [0.2, 0.25) is 0 Å². The zero-order chi connectivity index (χ0) is 13.8. The number of ketones is 1. The summed E-state index contributed by atoms with van der Waals surface area (Å²) in [6.45, 7) is 0. The van der Waals surface area contributed by atoms with Crippen molar-refractivity contribution in [1.82, 2.24) is 0 Å². The zero-order valence-electron chi connectivity index (χ0n) is 10.00. The van der Waals surface area contributed by atoms with Crippen molar-refractivity contribution in [2.24, 2.45) is 0 Å². The van der Waals surface area contributed by atoms with E-state index in [9.17, 15) is 9.18 Å². The maximum Gasteiger partial charge on any atom is 0.141 e. The Labute approximate surface area is 128 Å². The van der Waals surface area contributed by atoms with E-state index >= 15 is 0 Å². The summed E-state index contributed by atoms with van der Waals surface area (Å²) in [7, 11) is 0. The van der Waals surface area contributed by atoms with Gasteiger partial charge in [0.15, 0.2) is 0 Å². The van der Waals surface area contributed by atoms with Crippen molar-refractivity contribution in [3.8, 4) is 0 Å². The Balaban J connectivity index is 2.10. The summed E-state index contributed by atoms with van der Waals surface area (Å²) in [6, 6.07) is 12.0. The lowest BCUT2D eigenvalue weighted by Crippen LogP contribution is -2.07. The van der Waals surface area contributed by atoms with Crippen molar-refractivity contribution >= 4 is 37.6 Å². The number of Topliss-reactive ketones (excluding diaryl/α,β-unsaturated/α-hetero) is 1. The maximum atomic E-state index is 13.1. The molecule has 2 rings (SSSR count). The van der Waals surface area contributed by atoms with E-state index in [4.69, 9.17) is 0 Å². The number of hydrogen-bond acceptors (Lipinski definition) is 1. The number of hydrogen-bond donors (Lipinski definition) is 0. The summed E-state index contributed by atoms with van der Waals surface area (Å²) in [5.74, 6) is -0.273. The first-order valence-electron chi connectivity index (χ1n) is 5.75. The van der Waals surface area contributed by atoms with Crippen LogP contribution in [0.3, 0.4) is 0 Å². The van der Waals surface area contributed by atoms with Crippen LogP contribution >= 0.6 is 31.9 Å². The third-order valence-electron chi connectivity index (χ3n) is 2.74. The average molecular weight is 386 g/mol. The molecule has 0 amide bonds. The van der Waals surface area contributed by atoms with E-state index in [-0.39, 0.29) is 18.0 Å². The first-order chi connectivity index (χ1) is 9.06. The lowest BCUT2D eigenvalue weighted by atomic mass is 10.0. The van der Waals surface area contributed by atoms with Crippen molar-refractivity contribution in [3.05, 3.63) is 68.4 Å². The van der Waals surface area contributed by atoms with Crippen molar-refractivity contribution < 1.29 is 9.18 Å². The lowest BCUT2D eigenvalue weighted by molar-refractivity contribution is -0.117. The van der Waals surface area contributed by atoms with Gasteiger partial charge in [0.2, 0.25) is 0 Å². The molecule has 0 saturated heterocycles. The molecule has 0 aromatic heterocycles. The summed E-state index contributed by atoms with van der Waals surface area (Å²) in [4.78, 5) is 12.0. The summed E-state index contributed by atoms with van der Waals surface area (Å²) >= 11 is 6.75. The fourth-order valence-corrected chi connectivity index (χ4v) is 2.62. The van der Waals surface area contributed by atoms with Gasteiger partial charge in [-0.3, -0.25) is 4.79 Å². The van der Waals surface area contributed by atoms with E-state index in [2.05, 4.69) is 31.9 Å². The summed E-state index contributed by atoms with van der Waals surface area (Å²) < 4.78 is 14.8. The number of carbonyl (C=O) groups excluding carboxylic acids is 1. The van der Waals surface area contributed by atoms with Crippen LogP contribution < -0.4 is 0 Å². The molecule has 1 nitrogen and oxygen atoms in total. The standard InChI is InChI=1S/C15H11Br2FO/c16-14-4-2-1-3-10(14)8-13(19)9-11-7-12(18)5-6-15(11)17/h1-7H,8-9H2. The van der Waals surface area contributed by atoms with Gasteiger partial charge in [-0.15, -0.1) is 0 Å². The molecule has 0 fully saturated rings. The molecule has 2 aromatic rings. The molecule has 0 bridgehead atoms. The minimum absolute atomic E-state index is 0.0539. The fraction of sp³-hybridized carbons (Fsp3) is 0.133. The first-order valence-corrected chi connectivity index (χ1v) is 7.34. The van der Waals surface area contributed by atoms with Gasteiger partial charge in [0, 0.05) is 21.8 Å². The molecule has 0 radical (unpaired) electrons. The second-order valence-corrected chi connectivity index (χ2v) is 5.93. The van der Waals surface area contributed by atoms with Crippen LogP contribution in [0.15, 0.2) is 51.4 Å². The van der Waals surface area contributed by atoms with Crippen LogP contribution in [0.25, 0.3) is 0 Å². The Morgan fingerprint density at radius 2 is 1.58 bits per heavy atom. The van der Waals surface area contributed by atoms with Crippen molar-refractivity contribution in [1.29, 1.82) is 0 Å². The van der Waals surface area contributed by atoms with Gasteiger partial charge in [-0.1, -0.05) is 50.1 Å². The molecule has 0 saturated carbocycles. The molecule has 98 valence electrons. The van der Waals surface area contributed by atoms with E-state index in [1.54, 1.807) is 6.07 Å². The number of benzene rings is 2. The molecule has 0 aliphatic heterocycles. The van der Waals surface area contributed by atoms with Crippen LogP contribution in [-0.4, -0.2) is 5.78 Å². The maximum absolute atomic E-state index is 13.1. The third kappa shape index (κ3) is 3.98. The predicted octanol–water partition coefficient (Wildman–Crippen LogP) is 4.71. The van der Waals surface area contributed by atoms with Gasteiger partial charge < -0.3 is 0 Å². The van der Waals surface area contributed by atoms with E-state index in [0.717, 1.165) is 14.5 Å². The van der Waals surface area contributed by atoms with Gasteiger partial charge in [-0.25, -0.2) is 4.39 Å². The SMILES string of the molecule is O=C(Cc1ccccc1Br)Cc1cc(F)ccc1Br. The van der Waals surface area contributed by atoms with Crippen LogP contribution in [0.4, 0.5) is 4.39 Å². The van der Waals surface area contributed by atoms with Crippen molar-refractivity contribution in [2.75, 3.05) is 0 Å². The van der Waals surface area contributed by atoms with Gasteiger partial charge in [0.1, 0.15) is 11.6 Å². The molecule has 0 aliphatic rings. The quantitative estimate of drug-likeness (QED) is 0.745. The second kappa shape index (κ2) is 6.44. The molecule has 0 heterocycles. The lowest BCUT2D eigenvalue weighted by Gasteiger charge is -2.06. The van der Waals surface area contributed by atoms with Crippen molar-refractivity contribution in [3.63, 3.8) is 0 Å².